The molecule has 3 aromatic rings. The zero-order chi connectivity index (χ0) is 23.5. The van der Waals surface area contributed by atoms with Gasteiger partial charge in [-0.3, -0.25) is 9.69 Å². The molecule has 1 N–H and O–H groups in total. The summed E-state index contributed by atoms with van der Waals surface area (Å²) in [5.74, 6) is 1.43. The van der Waals surface area contributed by atoms with Crippen LogP contribution >= 0.6 is 0 Å². The Morgan fingerprint density at radius 2 is 1.76 bits per heavy atom. The maximum absolute atomic E-state index is 13.4. The number of nitrogens with one attached hydrogen (secondary N) is 1. The van der Waals surface area contributed by atoms with Crippen LogP contribution in [0.25, 0.3) is 0 Å². The van der Waals surface area contributed by atoms with E-state index in [2.05, 4.69) is 27.2 Å². The van der Waals surface area contributed by atoms with Crippen LogP contribution in [0.5, 0.6) is 5.75 Å². The van der Waals surface area contributed by atoms with Gasteiger partial charge in [0.25, 0.3) is 0 Å². The Morgan fingerprint density at radius 1 is 1.06 bits per heavy atom. The summed E-state index contributed by atoms with van der Waals surface area (Å²) in [5.41, 5.74) is 1.53. The number of carbonyl (C=O) groups excluding carboxylic acids is 1. The van der Waals surface area contributed by atoms with Gasteiger partial charge >= 0.3 is 0 Å². The minimum Gasteiger partial charge on any atom is -0.497 e. The normalized spacial score (nSPS) is 18.4. The fourth-order valence-electron chi connectivity index (χ4n) is 4.87. The second kappa shape index (κ2) is 9.50. The summed E-state index contributed by atoms with van der Waals surface area (Å²) >= 11 is 0. The molecule has 2 aliphatic rings. The summed E-state index contributed by atoms with van der Waals surface area (Å²) in [6, 6.07) is 18.3. The van der Waals surface area contributed by atoms with Gasteiger partial charge in [-0.1, -0.05) is 12.1 Å². The molecule has 0 spiro atoms. The molecule has 1 saturated carbocycles. The molecule has 1 aliphatic carbocycles. The number of hydrogen-bond donors (Lipinski definition) is 1. The van der Waals surface area contributed by atoms with Gasteiger partial charge in [0.05, 0.1) is 24.8 Å². The molecule has 0 radical (unpaired) electrons. The highest BCUT2D eigenvalue weighted by Gasteiger charge is 2.51. The molecule has 178 valence electrons. The standard InChI is InChI=1S/C27H30FN3O3/c1-33-23-10-8-22(9-11-23)30-14-16-31(17-15-30)24(25-3-2-18-34-25)19-29-26(32)27(12-13-27)20-4-6-21(28)7-5-20/h2-11,18,24H,12-17,19H2,1H3,(H,29,32)/t24-/m0/s1. The van der Waals surface area contributed by atoms with Crippen LogP contribution in [-0.2, 0) is 10.2 Å². The Balaban J connectivity index is 1.23. The highest BCUT2D eigenvalue weighted by molar-refractivity contribution is 5.91. The molecule has 1 atom stereocenters. The molecule has 5 rings (SSSR count). The van der Waals surface area contributed by atoms with Gasteiger partial charge < -0.3 is 19.4 Å². The zero-order valence-corrected chi connectivity index (χ0v) is 19.4. The molecule has 1 aliphatic heterocycles. The SMILES string of the molecule is COc1ccc(N2CCN([C@@H](CNC(=O)C3(c4ccc(F)cc4)CC3)c3ccco3)CC2)cc1. The van der Waals surface area contributed by atoms with Crippen LogP contribution in [0.15, 0.2) is 71.3 Å². The molecule has 7 heteroatoms. The number of ether oxygens (including phenoxy) is 1. The van der Waals surface area contributed by atoms with E-state index in [1.165, 1.54) is 17.8 Å². The number of methoxy groups -OCH3 is 1. The fourth-order valence-corrected chi connectivity index (χ4v) is 4.87. The molecule has 2 aromatic carbocycles. The maximum Gasteiger partial charge on any atom is 0.230 e. The number of carbonyl (C=O) groups is 1. The monoisotopic (exact) mass is 463 g/mol. The molecule has 34 heavy (non-hydrogen) atoms. The van der Waals surface area contributed by atoms with Crippen molar-refractivity contribution in [2.45, 2.75) is 24.3 Å². The van der Waals surface area contributed by atoms with Crippen molar-refractivity contribution < 1.29 is 18.3 Å². The second-order valence-electron chi connectivity index (χ2n) is 9.05. The van der Waals surface area contributed by atoms with Crippen molar-refractivity contribution in [1.82, 2.24) is 10.2 Å². The van der Waals surface area contributed by atoms with E-state index in [1.54, 1.807) is 25.5 Å². The summed E-state index contributed by atoms with van der Waals surface area (Å²) in [6.45, 7) is 3.96. The average Bonchev–Trinajstić information content (AvgIpc) is 3.52. The fraction of sp³-hybridized carbons (Fsp3) is 0.370. The Bertz CT molecular complexity index is 1090. The van der Waals surface area contributed by atoms with Gasteiger partial charge in [-0.2, -0.15) is 0 Å². The first-order valence-electron chi connectivity index (χ1n) is 11.8. The zero-order valence-electron chi connectivity index (χ0n) is 19.4. The van der Waals surface area contributed by atoms with E-state index >= 15 is 0 Å². The number of halogens is 1. The number of amides is 1. The molecular formula is C27H30FN3O3. The first-order valence-corrected chi connectivity index (χ1v) is 11.8. The van der Waals surface area contributed by atoms with Gasteiger partial charge in [-0.25, -0.2) is 4.39 Å². The predicted molar refractivity (Wildman–Crippen MR) is 129 cm³/mol. The minimum absolute atomic E-state index is 0.00698. The smallest absolute Gasteiger partial charge is 0.230 e. The van der Waals surface area contributed by atoms with Crippen LogP contribution in [-0.4, -0.2) is 50.6 Å². The molecule has 1 saturated heterocycles. The topological polar surface area (TPSA) is 58.0 Å². The van der Waals surface area contributed by atoms with E-state index in [0.29, 0.717) is 6.54 Å². The lowest BCUT2D eigenvalue weighted by atomic mass is 9.95. The molecular weight excluding hydrogens is 433 g/mol. The lowest BCUT2D eigenvalue weighted by Gasteiger charge is -2.39. The van der Waals surface area contributed by atoms with Crippen molar-refractivity contribution in [3.05, 3.63) is 84.1 Å². The lowest BCUT2D eigenvalue weighted by Crippen LogP contribution is -2.50. The number of nitrogens with zero attached hydrogens (tertiary/aromatic N) is 2. The predicted octanol–water partition coefficient (Wildman–Crippen LogP) is 4.14. The van der Waals surface area contributed by atoms with Gasteiger partial charge in [-0.15, -0.1) is 0 Å². The molecule has 0 unspecified atom stereocenters. The van der Waals surface area contributed by atoms with Gasteiger partial charge in [0.2, 0.25) is 5.91 Å². The van der Waals surface area contributed by atoms with Crippen molar-refractivity contribution in [2.75, 3.05) is 44.7 Å². The summed E-state index contributed by atoms with van der Waals surface area (Å²) < 4.78 is 24.4. The van der Waals surface area contributed by atoms with Crippen molar-refractivity contribution in [3.63, 3.8) is 0 Å². The van der Waals surface area contributed by atoms with E-state index in [-0.39, 0.29) is 17.8 Å². The van der Waals surface area contributed by atoms with Crippen LogP contribution in [0.3, 0.4) is 0 Å². The highest BCUT2D eigenvalue weighted by Crippen LogP contribution is 2.48. The molecule has 6 nitrogen and oxygen atoms in total. The number of hydrogen-bond acceptors (Lipinski definition) is 5. The van der Waals surface area contributed by atoms with E-state index in [0.717, 1.165) is 56.1 Å². The summed E-state index contributed by atoms with van der Waals surface area (Å²) in [5, 5.41) is 3.18. The number of piperazine rings is 1. The third-order valence-corrected chi connectivity index (χ3v) is 7.10. The van der Waals surface area contributed by atoms with E-state index in [9.17, 15) is 9.18 Å². The van der Waals surface area contributed by atoms with Gasteiger partial charge in [0.15, 0.2) is 0 Å². The first kappa shape index (κ1) is 22.5. The van der Waals surface area contributed by atoms with Gasteiger partial charge in [0, 0.05) is 38.4 Å². The number of anilines is 1. The molecule has 2 heterocycles. The Hall–Kier alpha value is -3.32. The van der Waals surface area contributed by atoms with Crippen LogP contribution in [0.4, 0.5) is 10.1 Å². The minimum atomic E-state index is -0.533. The Labute approximate surface area is 199 Å². The molecule has 1 aromatic heterocycles. The summed E-state index contributed by atoms with van der Waals surface area (Å²) in [7, 11) is 1.67. The Morgan fingerprint density at radius 3 is 2.35 bits per heavy atom. The summed E-state index contributed by atoms with van der Waals surface area (Å²) in [6.07, 6.45) is 3.26. The quantitative estimate of drug-likeness (QED) is 0.544. The first-order chi connectivity index (χ1) is 16.6. The van der Waals surface area contributed by atoms with Crippen molar-refractivity contribution >= 4 is 11.6 Å². The second-order valence-corrected chi connectivity index (χ2v) is 9.05. The van der Waals surface area contributed by atoms with Crippen molar-refractivity contribution in [1.29, 1.82) is 0 Å². The van der Waals surface area contributed by atoms with Crippen LogP contribution in [0.2, 0.25) is 0 Å². The number of benzene rings is 2. The van der Waals surface area contributed by atoms with Crippen LogP contribution < -0.4 is 15.0 Å². The van der Waals surface area contributed by atoms with E-state index in [4.69, 9.17) is 9.15 Å². The lowest BCUT2D eigenvalue weighted by molar-refractivity contribution is -0.123. The average molecular weight is 464 g/mol. The molecule has 1 amide bonds. The van der Waals surface area contributed by atoms with E-state index in [1.807, 2.05) is 24.3 Å². The summed E-state index contributed by atoms with van der Waals surface area (Å²) in [4.78, 5) is 17.9. The van der Waals surface area contributed by atoms with Crippen molar-refractivity contribution in [3.8, 4) is 5.75 Å². The number of rotatable bonds is 8. The Kier molecular flexibility index (Phi) is 6.28. The number of furan rings is 1. The largest absolute Gasteiger partial charge is 0.497 e. The highest BCUT2D eigenvalue weighted by atomic mass is 19.1. The third kappa shape index (κ3) is 4.53. The van der Waals surface area contributed by atoms with Crippen LogP contribution in [0.1, 0.15) is 30.2 Å². The van der Waals surface area contributed by atoms with Crippen LogP contribution in [0, 0.1) is 5.82 Å². The molecule has 0 bridgehead atoms. The molecule has 2 fully saturated rings. The third-order valence-electron chi connectivity index (χ3n) is 7.10. The van der Waals surface area contributed by atoms with Gasteiger partial charge in [-0.05, 0) is 66.9 Å². The van der Waals surface area contributed by atoms with E-state index < -0.39 is 5.41 Å². The van der Waals surface area contributed by atoms with Gasteiger partial charge in [0.1, 0.15) is 17.3 Å². The maximum atomic E-state index is 13.4. The van der Waals surface area contributed by atoms with Crippen molar-refractivity contribution in [2.24, 2.45) is 0 Å².